The van der Waals surface area contributed by atoms with Gasteiger partial charge in [0.15, 0.2) is 23.1 Å². The topological polar surface area (TPSA) is 163 Å². The molecule has 0 N–H and O–H groups in total. The van der Waals surface area contributed by atoms with Crippen LogP contribution in [-0.4, -0.2) is 23.1 Å². The number of benzene rings is 8. The van der Waals surface area contributed by atoms with Crippen molar-refractivity contribution in [1.29, 1.82) is 21.0 Å². The average molecular weight is 1460 g/mol. The predicted molar refractivity (Wildman–Crippen MR) is 440 cm³/mol. The van der Waals surface area contributed by atoms with Crippen molar-refractivity contribution in [2.24, 2.45) is 11.8 Å². The number of carbonyl (C=O) groups is 4. The Labute approximate surface area is 655 Å². The SMILES string of the molecule is N#CC(C#N)=CC1=Cc2cc3c(cc2C12CCCCC2)-c1cc2c(cc1C31CCC(C3CCC4(CC3)C(C=C3C(=O)c5cc6ccccc6cc5C3=O)=Cc3cc5c(cc34)-c3cc4c(cc3C53CCCCC3)C=C(C=C3C(=O)c5cc6ccccc6cc5C3=O)C43CCCCC3)CC1)C=C(C=C(C#N)C#N)C21CCCCC1. The number of carbonyl (C=O) groups excluding carboxylic acids is 4. The Morgan fingerprint density at radius 3 is 0.830 bits per heavy atom. The molecule has 14 aliphatic carbocycles. The smallest absolute Gasteiger partial charge is 0.197 e. The highest BCUT2D eigenvalue weighted by Crippen LogP contribution is 2.67. The minimum Gasteiger partial charge on any atom is -0.288 e. The van der Waals surface area contributed by atoms with E-state index in [0.29, 0.717) is 34.1 Å². The Morgan fingerprint density at radius 2 is 0.536 bits per heavy atom. The van der Waals surface area contributed by atoms with Crippen LogP contribution in [0.25, 0.3) is 68.1 Å². The minimum absolute atomic E-state index is 0.147. The van der Waals surface area contributed by atoms with Crippen molar-refractivity contribution >= 4 is 69.0 Å². The number of fused-ring (bicyclic) bond motifs is 22. The molecule has 22 rings (SSSR count). The van der Waals surface area contributed by atoms with Gasteiger partial charge in [-0.25, -0.2) is 0 Å². The molecule has 0 amide bonds. The fourth-order valence-corrected chi connectivity index (χ4v) is 26.2. The molecule has 0 atom stereocenters. The summed E-state index contributed by atoms with van der Waals surface area (Å²) in [7, 11) is 0. The molecule has 6 fully saturated rings. The molecule has 0 unspecified atom stereocenters. The minimum atomic E-state index is -0.459. The first kappa shape index (κ1) is 67.7. The maximum Gasteiger partial charge on any atom is 0.197 e. The van der Waals surface area contributed by atoms with Gasteiger partial charge >= 0.3 is 0 Å². The summed E-state index contributed by atoms with van der Waals surface area (Å²) in [5.41, 5.74) is 26.5. The number of rotatable bonds is 5. The molecule has 8 aromatic rings. The number of allylic oxidation sites excluding steroid dienone is 12. The van der Waals surface area contributed by atoms with E-state index in [1.807, 2.05) is 97.1 Å². The number of nitrogens with zero attached hydrogens (tertiary/aromatic N) is 4. The lowest BCUT2D eigenvalue weighted by atomic mass is 9.58. The van der Waals surface area contributed by atoms with E-state index < -0.39 is 5.41 Å². The van der Waals surface area contributed by atoms with E-state index >= 15 is 9.59 Å². The van der Waals surface area contributed by atoms with Gasteiger partial charge in [0.1, 0.15) is 35.4 Å². The van der Waals surface area contributed by atoms with Crippen molar-refractivity contribution in [3.05, 3.63) is 279 Å². The fourth-order valence-electron chi connectivity index (χ4n) is 26.2. The lowest BCUT2D eigenvalue weighted by molar-refractivity contribution is 0.0972. The first-order valence-electron chi connectivity index (χ1n) is 42.1. The van der Waals surface area contributed by atoms with Crippen LogP contribution in [0.15, 0.2) is 190 Å². The van der Waals surface area contributed by atoms with Crippen molar-refractivity contribution in [2.75, 3.05) is 0 Å². The zero-order chi connectivity index (χ0) is 75.4. The van der Waals surface area contributed by atoms with Gasteiger partial charge in [-0.05, 0) is 345 Å². The highest BCUT2D eigenvalue weighted by Gasteiger charge is 2.56. The number of hydrogen-bond donors (Lipinski definition) is 0. The molecule has 0 bridgehead atoms. The van der Waals surface area contributed by atoms with E-state index in [-0.39, 0.29) is 72.5 Å². The van der Waals surface area contributed by atoms with Gasteiger partial charge in [-0.1, -0.05) is 150 Å². The van der Waals surface area contributed by atoms with E-state index in [1.54, 1.807) is 0 Å². The van der Waals surface area contributed by atoms with E-state index in [0.717, 1.165) is 204 Å². The lowest BCUT2D eigenvalue weighted by Gasteiger charge is -2.46. The Morgan fingerprint density at radius 1 is 0.286 bits per heavy atom. The van der Waals surface area contributed by atoms with Crippen LogP contribution in [0.4, 0.5) is 0 Å². The number of nitriles is 4. The van der Waals surface area contributed by atoms with Gasteiger partial charge in [-0.2, -0.15) is 21.0 Å². The van der Waals surface area contributed by atoms with E-state index in [2.05, 4.69) is 97.1 Å². The summed E-state index contributed by atoms with van der Waals surface area (Å²) in [6.45, 7) is 0. The predicted octanol–water partition coefficient (Wildman–Crippen LogP) is 24.0. The molecule has 0 aliphatic heterocycles. The molecule has 6 saturated carbocycles. The number of ketones is 4. The largest absolute Gasteiger partial charge is 0.288 e. The van der Waals surface area contributed by atoms with Crippen LogP contribution in [0, 0.1) is 57.2 Å². The maximum atomic E-state index is 15.1. The number of Topliss-reactive ketones (excluding diaryl/α,β-unsaturated/α-hetero) is 4. The third-order valence-electron chi connectivity index (χ3n) is 31.6. The number of hydrogen-bond acceptors (Lipinski definition) is 8. The highest BCUT2D eigenvalue weighted by atomic mass is 16.2. The normalized spacial score (nSPS) is 22.5. The van der Waals surface area contributed by atoms with Crippen molar-refractivity contribution in [1.82, 2.24) is 0 Å². The molecule has 8 heteroatoms. The highest BCUT2D eigenvalue weighted by molar-refractivity contribution is 6.41. The zero-order valence-electron chi connectivity index (χ0n) is 63.5. The molecule has 0 heterocycles. The Balaban J connectivity index is 0.637. The van der Waals surface area contributed by atoms with Gasteiger partial charge in [0.2, 0.25) is 0 Å². The lowest BCUT2D eigenvalue weighted by Crippen LogP contribution is -2.38. The van der Waals surface area contributed by atoms with Gasteiger partial charge in [-0.3, -0.25) is 19.2 Å². The second kappa shape index (κ2) is 24.7. The molecule has 8 aromatic carbocycles. The molecule has 0 saturated heterocycles. The first-order valence-corrected chi connectivity index (χ1v) is 42.1. The van der Waals surface area contributed by atoms with Crippen molar-refractivity contribution in [2.45, 2.75) is 212 Å². The van der Waals surface area contributed by atoms with Gasteiger partial charge < -0.3 is 0 Å². The van der Waals surface area contributed by atoms with Crippen LogP contribution in [-0.2, 0) is 32.5 Å². The van der Waals surface area contributed by atoms with E-state index in [4.69, 9.17) is 0 Å². The average Bonchev–Trinajstić information content (AvgIpc) is 1.53. The third-order valence-corrected chi connectivity index (χ3v) is 31.6. The molecule has 14 aliphatic rings. The molecule has 546 valence electrons. The Hall–Kier alpha value is -11.2. The monoisotopic (exact) mass is 1450 g/mol. The van der Waals surface area contributed by atoms with Crippen LogP contribution in [0.3, 0.4) is 0 Å². The summed E-state index contributed by atoms with van der Waals surface area (Å²) in [5, 5.41) is 44.6. The van der Waals surface area contributed by atoms with Gasteiger partial charge in [0.25, 0.3) is 0 Å². The molecule has 112 heavy (non-hydrogen) atoms. The molecule has 0 radical (unpaired) electrons. The second-order valence-corrected chi connectivity index (χ2v) is 36.2. The zero-order valence-corrected chi connectivity index (χ0v) is 63.5. The van der Waals surface area contributed by atoms with Gasteiger partial charge in [0, 0.05) is 54.7 Å². The summed E-state index contributed by atoms with van der Waals surface area (Å²) in [6, 6.07) is 53.0. The molecule has 6 spiro atoms. The maximum absolute atomic E-state index is 15.1. The molecule has 8 nitrogen and oxygen atoms in total. The third kappa shape index (κ3) is 9.31. The summed E-state index contributed by atoms with van der Waals surface area (Å²) in [4.78, 5) is 59.4. The summed E-state index contributed by atoms with van der Waals surface area (Å²) in [6.07, 6.45) is 46.5. The summed E-state index contributed by atoms with van der Waals surface area (Å²) < 4.78 is 0. The second-order valence-electron chi connectivity index (χ2n) is 36.2. The van der Waals surface area contributed by atoms with Crippen LogP contribution in [0.1, 0.15) is 288 Å². The summed E-state index contributed by atoms with van der Waals surface area (Å²) >= 11 is 0. The van der Waals surface area contributed by atoms with Gasteiger partial charge in [0.05, 0.1) is 11.1 Å². The van der Waals surface area contributed by atoms with Crippen molar-refractivity contribution in [3.8, 4) is 46.5 Å². The Bertz CT molecular complexity index is 5900. The fraction of sp³-hybridized carbons (Fsp3) is 0.346. The summed E-state index contributed by atoms with van der Waals surface area (Å²) in [5.74, 6) is 0.188. The first-order chi connectivity index (χ1) is 54.7. The standard InChI is InChI=1S/C104H86N4O4/c105-57-61(58-106)37-73-39-69-49-93-79(54-87(69)99(73)25-9-1-10-26-99)80-55-88-70(40-74(38-62(59-107)60-108)100(88)27-11-2-12-28-100)50-94(80)104(93)35-23-64(24-36-104)63-21-33-102(34-22-63)76(52-86-97(111)83-45-67-19-7-8-20-68(67)46-84(83)98(86)112)42-72-48-92-78(56-90(72)102)77-53-89-71(47-91(77)103(92)31-15-4-16-32-103)41-75(101(89)29-13-3-14-30-101)51-85-95(109)81-43-65-17-5-6-18-66(65)44-82(81)96(85)110/h5-8,17-20,37-56,63-64H,1-4,9-16,21-36H2. The van der Waals surface area contributed by atoms with Crippen molar-refractivity contribution < 1.29 is 19.2 Å². The van der Waals surface area contributed by atoms with Crippen molar-refractivity contribution in [3.63, 3.8) is 0 Å². The van der Waals surface area contributed by atoms with E-state index in [1.165, 1.54) is 108 Å². The quantitative estimate of drug-likeness (QED) is 0.0934. The van der Waals surface area contributed by atoms with Crippen LogP contribution in [0.2, 0.25) is 0 Å². The Kier molecular flexibility index (Phi) is 14.9. The molecule has 0 aromatic heterocycles. The van der Waals surface area contributed by atoms with Crippen LogP contribution >= 0.6 is 0 Å². The molecular weight excluding hydrogens is 1370 g/mol. The van der Waals surface area contributed by atoms with E-state index in [9.17, 15) is 30.6 Å². The van der Waals surface area contributed by atoms with Crippen LogP contribution in [0.5, 0.6) is 0 Å². The molecular formula is C104H86N4O4. The van der Waals surface area contributed by atoms with Crippen LogP contribution < -0.4 is 0 Å². The van der Waals surface area contributed by atoms with Gasteiger partial charge in [-0.15, -0.1) is 0 Å².